The predicted octanol–water partition coefficient (Wildman–Crippen LogP) is 5.03. The van der Waals surface area contributed by atoms with Crippen LogP contribution in [0.1, 0.15) is 11.1 Å². The molecule has 3 aromatic rings. The molecule has 1 aromatic heterocycles. The van der Waals surface area contributed by atoms with Gasteiger partial charge in [-0.05, 0) is 37.1 Å². The average molecular weight is 259 g/mol. The van der Waals surface area contributed by atoms with E-state index in [2.05, 4.69) is 67.4 Å². The molecule has 0 spiro atoms. The largest absolute Gasteiger partial charge is 0.256 e. The summed E-state index contributed by atoms with van der Waals surface area (Å²) in [6.45, 7) is 4.26. The van der Waals surface area contributed by atoms with E-state index in [0.29, 0.717) is 0 Å². The van der Waals surface area contributed by atoms with E-state index >= 15 is 0 Å². The topological polar surface area (TPSA) is 12.9 Å². The SMILES string of the molecule is Cc1ccc(C)c(-c2ncccc2-c2ccccc2)c1. The summed E-state index contributed by atoms with van der Waals surface area (Å²) in [7, 11) is 0. The Morgan fingerprint density at radius 1 is 0.750 bits per heavy atom. The van der Waals surface area contributed by atoms with Gasteiger partial charge in [-0.25, -0.2) is 0 Å². The molecule has 0 aliphatic heterocycles. The lowest BCUT2D eigenvalue weighted by molar-refractivity contribution is 1.29. The second kappa shape index (κ2) is 5.30. The third-order valence-electron chi connectivity index (χ3n) is 3.54. The van der Waals surface area contributed by atoms with E-state index in [1.807, 2.05) is 18.3 Å². The molecule has 0 atom stereocenters. The maximum absolute atomic E-state index is 4.63. The fourth-order valence-corrected chi connectivity index (χ4v) is 2.46. The van der Waals surface area contributed by atoms with Crippen LogP contribution in [-0.2, 0) is 0 Å². The zero-order valence-corrected chi connectivity index (χ0v) is 11.8. The number of hydrogen-bond acceptors (Lipinski definition) is 1. The molecule has 0 radical (unpaired) electrons. The Hall–Kier alpha value is -2.41. The normalized spacial score (nSPS) is 10.5. The summed E-state index contributed by atoms with van der Waals surface area (Å²) in [6.07, 6.45) is 1.86. The lowest BCUT2D eigenvalue weighted by Gasteiger charge is -2.12. The van der Waals surface area contributed by atoms with Crippen LogP contribution >= 0.6 is 0 Å². The molecule has 3 rings (SSSR count). The monoisotopic (exact) mass is 259 g/mol. The van der Waals surface area contributed by atoms with Crippen molar-refractivity contribution in [3.63, 3.8) is 0 Å². The number of pyridine rings is 1. The van der Waals surface area contributed by atoms with Crippen LogP contribution in [0.5, 0.6) is 0 Å². The molecule has 0 amide bonds. The maximum atomic E-state index is 4.63. The van der Waals surface area contributed by atoms with E-state index in [1.54, 1.807) is 0 Å². The second-order valence-corrected chi connectivity index (χ2v) is 5.08. The molecule has 20 heavy (non-hydrogen) atoms. The van der Waals surface area contributed by atoms with Crippen LogP contribution in [0.3, 0.4) is 0 Å². The van der Waals surface area contributed by atoms with Crippen molar-refractivity contribution < 1.29 is 0 Å². The van der Waals surface area contributed by atoms with Gasteiger partial charge in [-0.3, -0.25) is 4.98 Å². The molecule has 0 aliphatic carbocycles. The van der Waals surface area contributed by atoms with Crippen molar-refractivity contribution in [2.45, 2.75) is 13.8 Å². The molecule has 0 N–H and O–H groups in total. The van der Waals surface area contributed by atoms with Crippen LogP contribution in [0, 0.1) is 13.8 Å². The molecular weight excluding hydrogens is 242 g/mol. The minimum absolute atomic E-state index is 1.06. The molecule has 1 heteroatoms. The summed E-state index contributed by atoms with van der Waals surface area (Å²) >= 11 is 0. The highest BCUT2D eigenvalue weighted by atomic mass is 14.7. The lowest BCUT2D eigenvalue weighted by Crippen LogP contribution is -1.92. The molecule has 0 aliphatic rings. The highest BCUT2D eigenvalue weighted by Crippen LogP contribution is 2.32. The molecule has 0 saturated heterocycles. The van der Waals surface area contributed by atoms with Crippen LogP contribution < -0.4 is 0 Å². The van der Waals surface area contributed by atoms with Gasteiger partial charge in [0, 0.05) is 17.3 Å². The fraction of sp³-hybridized carbons (Fsp3) is 0.105. The van der Waals surface area contributed by atoms with Crippen molar-refractivity contribution in [1.29, 1.82) is 0 Å². The van der Waals surface area contributed by atoms with Gasteiger partial charge in [-0.2, -0.15) is 0 Å². The minimum Gasteiger partial charge on any atom is -0.256 e. The van der Waals surface area contributed by atoms with Gasteiger partial charge in [0.05, 0.1) is 5.69 Å². The lowest BCUT2D eigenvalue weighted by atomic mass is 9.95. The van der Waals surface area contributed by atoms with Crippen LogP contribution in [0.4, 0.5) is 0 Å². The Balaban J connectivity index is 2.23. The van der Waals surface area contributed by atoms with Gasteiger partial charge in [-0.1, -0.05) is 54.1 Å². The zero-order valence-electron chi connectivity index (χ0n) is 11.8. The first-order chi connectivity index (χ1) is 9.75. The first-order valence-corrected chi connectivity index (χ1v) is 6.84. The van der Waals surface area contributed by atoms with Crippen LogP contribution in [-0.4, -0.2) is 4.98 Å². The molecule has 0 unspecified atom stereocenters. The summed E-state index contributed by atoms with van der Waals surface area (Å²) in [5.41, 5.74) is 7.17. The van der Waals surface area contributed by atoms with E-state index in [1.165, 1.54) is 27.8 Å². The van der Waals surface area contributed by atoms with Gasteiger partial charge in [0.2, 0.25) is 0 Å². The quantitative estimate of drug-likeness (QED) is 0.628. The second-order valence-electron chi connectivity index (χ2n) is 5.08. The Bertz CT molecular complexity index is 730. The summed E-state index contributed by atoms with van der Waals surface area (Å²) in [4.78, 5) is 4.63. The molecule has 0 saturated carbocycles. The number of benzene rings is 2. The van der Waals surface area contributed by atoms with Crippen molar-refractivity contribution in [2.75, 3.05) is 0 Å². The van der Waals surface area contributed by atoms with E-state index in [9.17, 15) is 0 Å². The summed E-state index contributed by atoms with van der Waals surface area (Å²) in [5.74, 6) is 0. The Labute approximate surface area is 119 Å². The third kappa shape index (κ3) is 2.35. The Morgan fingerprint density at radius 3 is 2.35 bits per heavy atom. The number of rotatable bonds is 2. The van der Waals surface area contributed by atoms with Gasteiger partial charge >= 0.3 is 0 Å². The zero-order chi connectivity index (χ0) is 13.9. The molecule has 98 valence electrons. The maximum Gasteiger partial charge on any atom is 0.0783 e. The van der Waals surface area contributed by atoms with E-state index < -0.39 is 0 Å². The van der Waals surface area contributed by atoms with Crippen LogP contribution in [0.25, 0.3) is 22.4 Å². The molecule has 1 heterocycles. The van der Waals surface area contributed by atoms with E-state index in [0.717, 1.165) is 5.69 Å². The van der Waals surface area contributed by atoms with E-state index in [4.69, 9.17) is 0 Å². The molecule has 0 fully saturated rings. The van der Waals surface area contributed by atoms with Gasteiger partial charge < -0.3 is 0 Å². The third-order valence-corrected chi connectivity index (χ3v) is 3.54. The van der Waals surface area contributed by atoms with Crippen LogP contribution in [0.15, 0.2) is 66.9 Å². The standard InChI is InChI=1S/C19H17N/c1-14-10-11-15(2)18(13-14)19-17(9-6-12-20-19)16-7-4-3-5-8-16/h3-13H,1-2H3. The van der Waals surface area contributed by atoms with Crippen molar-refractivity contribution in [3.8, 4) is 22.4 Å². The van der Waals surface area contributed by atoms with Crippen molar-refractivity contribution in [2.24, 2.45) is 0 Å². The summed E-state index contributed by atoms with van der Waals surface area (Å²) < 4.78 is 0. The molecule has 1 nitrogen and oxygen atoms in total. The van der Waals surface area contributed by atoms with Crippen molar-refractivity contribution in [1.82, 2.24) is 4.98 Å². The van der Waals surface area contributed by atoms with Gasteiger partial charge in [0.15, 0.2) is 0 Å². The Kier molecular flexibility index (Phi) is 3.34. The first kappa shape index (κ1) is 12.6. The number of aryl methyl sites for hydroxylation is 2. The van der Waals surface area contributed by atoms with Gasteiger partial charge in [-0.15, -0.1) is 0 Å². The fourth-order valence-electron chi connectivity index (χ4n) is 2.46. The van der Waals surface area contributed by atoms with Gasteiger partial charge in [0.1, 0.15) is 0 Å². The Morgan fingerprint density at radius 2 is 1.55 bits per heavy atom. The van der Waals surface area contributed by atoms with Crippen molar-refractivity contribution >= 4 is 0 Å². The smallest absolute Gasteiger partial charge is 0.0783 e. The summed E-state index contributed by atoms with van der Waals surface area (Å²) in [5, 5.41) is 0. The number of aromatic nitrogens is 1. The number of nitrogens with zero attached hydrogens (tertiary/aromatic N) is 1. The summed E-state index contributed by atoms with van der Waals surface area (Å²) in [6, 6.07) is 21.1. The molecule has 2 aromatic carbocycles. The average Bonchev–Trinajstić information content (AvgIpc) is 2.51. The molecule has 0 bridgehead atoms. The molecular formula is C19H17N. The van der Waals surface area contributed by atoms with E-state index in [-0.39, 0.29) is 0 Å². The first-order valence-electron chi connectivity index (χ1n) is 6.84. The minimum atomic E-state index is 1.06. The van der Waals surface area contributed by atoms with Crippen molar-refractivity contribution in [3.05, 3.63) is 78.0 Å². The highest BCUT2D eigenvalue weighted by Gasteiger charge is 2.10. The predicted molar refractivity (Wildman–Crippen MR) is 84.6 cm³/mol. The highest BCUT2D eigenvalue weighted by molar-refractivity contribution is 5.82. The van der Waals surface area contributed by atoms with Gasteiger partial charge in [0.25, 0.3) is 0 Å². The van der Waals surface area contributed by atoms with Crippen LogP contribution in [0.2, 0.25) is 0 Å². The number of hydrogen-bond donors (Lipinski definition) is 0.